The molecule has 0 aromatic carbocycles. The SMILES string of the molecule is CC(C)Oc1nc(N)nc(NC2(CO)CCCC2)n1. The number of aromatic nitrogens is 3. The first-order chi connectivity index (χ1) is 9.03. The molecule has 1 aliphatic rings. The molecule has 0 unspecified atom stereocenters. The Morgan fingerprint density at radius 2 is 2.00 bits per heavy atom. The van der Waals surface area contributed by atoms with Gasteiger partial charge in [0.25, 0.3) is 0 Å². The van der Waals surface area contributed by atoms with Gasteiger partial charge in [-0.1, -0.05) is 12.8 Å². The minimum Gasteiger partial charge on any atom is -0.461 e. The summed E-state index contributed by atoms with van der Waals surface area (Å²) in [5, 5.41) is 12.8. The maximum Gasteiger partial charge on any atom is 0.323 e. The third-order valence-corrected chi connectivity index (χ3v) is 3.21. The van der Waals surface area contributed by atoms with Crippen LogP contribution in [0.3, 0.4) is 0 Å². The second-order valence-corrected chi connectivity index (χ2v) is 5.24. The van der Waals surface area contributed by atoms with Gasteiger partial charge in [0.2, 0.25) is 11.9 Å². The van der Waals surface area contributed by atoms with E-state index in [9.17, 15) is 5.11 Å². The topological polar surface area (TPSA) is 106 Å². The van der Waals surface area contributed by atoms with Crippen LogP contribution in [-0.2, 0) is 0 Å². The zero-order valence-electron chi connectivity index (χ0n) is 11.4. The van der Waals surface area contributed by atoms with Gasteiger partial charge in [-0.15, -0.1) is 0 Å². The van der Waals surface area contributed by atoms with Gasteiger partial charge in [0.05, 0.1) is 18.2 Å². The van der Waals surface area contributed by atoms with Crippen molar-refractivity contribution >= 4 is 11.9 Å². The van der Waals surface area contributed by atoms with Crippen molar-refractivity contribution in [3.05, 3.63) is 0 Å². The molecule has 19 heavy (non-hydrogen) atoms. The number of aliphatic hydroxyl groups is 1. The Kier molecular flexibility index (Phi) is 4.04. The van der Waals surface area contributed by atoms with Crippen LogP contribution < -0.4 is 15.8 Å². The highest BCUT2D eigenvalue weighted by atomic mass is 16.5. The van der Waals surface area contributed by atoms with E-state index in [1.54, 1.807) is 0 Å². The quantitative estimate of drug-likeness (QED) is 0.729. The first kappa shape index (κ1) is 13.8. The molecule has 1 aliphatic carbocycles. The fraction of sp³-hybridized carbons (Fsp3) is 0.750. The predicted octanol–water partition coefficient (Wildman–Crippen LogP) is 0.958. The molecule has 0 amide bonds. The van der Waals surface area contributed by atoms with Crippen LogP contribution in [0.4, 0.5) is 11.9 Å². The number of nitrogens with one attached hydrogen (secondary N) is 1. The molecule has 7 nitrogen and oxygen atoms in total. The third-order valence-electron chi connectivity index (χ3n) is 3.21. The molecule has 0 atom stereocenters. The summed E-state index contributed by atoms with van der Waals surface area (Å²) in [4.78, 5) is 12.2. The van der Waals surface area contributed by atoms with Gasteiger partial charge in [-0.3, -0.25) is 0 Å². The summed E-state index contributed by atoms with van der Waals surface area (Å²) in [5.74, 6) is 0.471. The Morgan fingerprint density at radius 3 is 2.58 bits per heavy atom. The van der Waals surface area contributed by atoms with Gasteiger partial charge >= 0.3 is 6.01 Å². The summed E-state index contributed by atoms with van der Waals surface area (Å²) >= 11 is 0. The van der Waals surface area contributed by atoms with E-state index < -0.39 is 0 Å². The zero-order valence-corrected chi connectivity index (χ0v) is 11.4. The van der Waals surface area contributed by atoms with Gasteiger partial charge < -0.3 is 20.9 Å². The molecule has 7 heteroatoms. The van der Waals surface area contributed by atoms with Crippen molar-refractivity contribution < 1.29 is 9.84 Å². The van der Waals surface area contributed by atoms with Gasteiger partial charge in [0, 0.05) is 0 Å². The first-order valence-corrected chi connectivity index (χ1v) is 6.60. The molecular formula is C12H21N5O2. The Balaban J connectivity index is 2.17. The number of aliphatic hydroxyl groups excluding tert-OH is 1. The van der Waals surface area contributed by atoms with Crippen LogP contribution in [0.2, 0.25) is 0 Å². The van der Waals surface area contributed by atoms with Crippen LogP contribution in [-0.4, -0.2) is 38.3 Å². The predicted molar refractivity (Wildman–Crippen MR) is 71.9 cm³/mol. The summed E-state index contributed by atoms with van der Waals surface area (Å²) in [6.45, 7) is 3.83. The standard InChI is InChI=1S/C12H21N5O2/c1-8(2)19-11-15-9(13)14-10(16-11)17-12(7-18)5-3-4-6-12/h8,18H,3-7H2,1-2H3,(H3,13,14,15,16,17). The minimum absolute atomic E-state index is 0.0343. The Bertz CT molecular complexity index is 432. The lowest BCUT2D eigenvalue weighted by Gasteiger charge is -2.27. The molecule has 0 radical (unpaired) electrons. The van der Waals surface area contributed by atoms with E-state index in [-0.39, 0.29) is 30.2 Å². The van der Waals surface area contributed by atoms with Gasteiger partial charge in [-0.05, 0) is 26.7 Å². The lowest BCUT2D eigenvalue weighted by molar-refractivity contribution is 0.211. The van der Waals surface area contributed by atoms with Crippen LogP contribution in [0.1, 0.15) is 39.5 Å². The molecule has 0 spiro atoms. The van der Waals surface area contributed by atoms with Gasteiger partial charge in [-0.2, -0.15) is 15.0 Å². The Labute approximate surface area is 112 Å². The van der Waals surface area contributed by atoms with Crippen molar-refractivity contribution in [3.63, 3.8) is 0 Å². The van der Waals surface area contributed by atoms with Crippen LogP contribution in [0.5, 0.6) is 6.01 Å². The van der Waals surface area contributed by atoms with E-state index in [2.05, 4.69) is 20.3 Å². The zero-order chi connectivity index (χ0) is 13.9. The van der Waals surface area contributed by atoms with Crippen LogP contribution in [0, 0.1) is 0 Å². The smallest absolute Gasteiger partial charge is 0.323 e. The minimum atomic E-state index is -0.344. The van der Waals surface area contributed by atoms with E-state index in [0.717, 1.165) is 25.7 Å². The molecule has 2 rings (SSSR count). The van der Waals surface area contributed by atoms with E-state index >= 15 is 0 Å². The third kappa shape index (κ3) is 3.44. The molecule has 1 saturated carbocycles. The number of ether oxygens (including phenoxy) is 1. The largest absolute Gasteiger partial charge is 0.461 e. The monoisotopic (exact) mass is 267 g/mol. The van der Waals surface area contributed by atoms with Crippen LogP contribution >= 0.6 is 0 Å². The normalized spacial score (nSPS) is 17.7. The van der Waals surface area contributed by atoms with Crippen molar-refractivity contribution in [3.8, 4) is 6.01 Å². The fourth-order valence-electron chi connectivity index (χ4n) is 2.30. The molecule has 0 saturated heterocycles. The van der Waals surface area contributed by atoms with Gasteiger partial charge in [0.15, 0.2) is 0 Å². The molecule has 4 N–H and O–H groups in total. The molecule has 1 aromatic rings. The van der Waals surface area contributed by atoms with E-state index in [1.165, 1.54) is 0 Å². The maximum atomic E-state index is 9.57. The second kappa shape index (κ2) is 5.56. The second-order valence-electron chi connectivity index (χ2n) is 5.24. The van der Waals surface area contributed by atoms with Gasteiger partial charge in [0.1, 0.15) is 0 Å². The summed E-state index contributed by atoms with van der Waals surface area (Å²) in [6.07, 6.45) is 3.94. The number of nitrogens with two attached hydrogens (primary N) is 1. The lowest BCUT2D eigenvalue weighted by Crippen LogP contribution is -2.39. The molecule has 0 bridgehead atoms. The number of nitrogens with zero attached hydrogens (tertiary/aromatic N) is 3. The number of hydrogen-bond donors (Lipinski definition) is 3. The van der Waals surface area contributed by atoms with E-state index in [1.807, 2.05) is 13.8 Å². The Hall–Kier alpha value is -1.63. The summed E-state index contributed by atoms with van der Waals surface area (Å²) in [6, 6.07) is 0.205. The van der Waals surface area contributed by atoms with Crippen LogP contribution in [0.15, 0.2) is 0 Å². The van der Waals surface area contributed by atoms with Crippen molar-refractivity contribution in [2.24, 2.45) is 0 Å². The number of hydrogen-bond acceptors (Lipinski definition) is 7. The van der Waals surface area contributed by atoms with Crippen molar-refractivity contribution in [2.45, 2.75) is 51.2 Å². The summed E-state index contributed by atoms with van der Waals surface area (Å²) in [7, 11) is 0. The molecule has 106 valence electrons. The van der Waals surface area contributed by atoms with E-state index in [0.29, 0.717) is 5.95 Å². The highest BCUT2D eigenvalue weighted by Crippen LogP contribution is 2.32. The number of rotatable bonds is 5. The Morgan fingerprint density at radius 1 is 1.32 bits per heavy atom. The average molecular weight is 267 g/mol. The highest BCUT2D eigenvalue weighted by Gasteiger charge is 2.34. The molecule has 0 aliphatic heterocycles. The fourth-order valence-corrected chi connectivity index (χ4v) is 2.30. The molecule has 1 fully saturated rings. The molecular weight excluding hydrogens is 246 g/mol. The first-order valence-electron chi connectivity index (χ1n) is 6.60. The lowest BCUT2D eigenvalue weighted by atomic mass is 9.99. The van der Waals surface area contributed by atoms with Crippen molar-refractivity contribution in [2.75, 3.05) is 17.7 Å². The molecule has 1 aromatic heterocycles. The van der Waals surface area contributed by atoms with E-state index in [4.69, 9.17) is 10.5 Å². The number of nitrogen functional groups attached to an aromatic ring is 1. The summed E-state index contributed by atoms with van der Waals surface area (Å²) < 4.78 is 5.42. The van der Waals surface area contributed by atoms with Crippen molar-refractivity contribution in [1.29, 1.82) is 0 Å². The maximum absolute atomic E-state index is 9.57. The highest BCUT2D eigenvalue weighted by molar-refractivity contribution is 5.36. The number of anilines is 2. The van der Waals surface area contributed by atoms with Gasteiger partial charge in [-0.25, -0.2) is 0 Å². The van der Waals surface area contributed by atoms with Crippen LogP contribution in [0.25, 0.3) is 0 Å². The molecule has 1 heterocycles. The average Bonchev–Trinajstić information content (AvgIpc) is 2.76. The summed E-state index contributed by atoms with van der Waals surface area (Å²) in [5.41, 5.74) is 5.30. The van der Waals surface area contributed by atoms with Crippen molar-refractivity contribution in [1.82, 2.24) is 15.0 Å².